The van der Waals surface area contributed by atoms with Crippen LogP contribution in [0.2, 0.25) is 0 Å². The van der Waals surface area contributed by atoms with Crippen LogP contribution < -0.4 is 0 Å². The van der Waals surface area contributed by atoms with E-state index in [0.29, 0.717) is 0 Å². The Morgan fingerprint density at radius 1 is 0.806 bits per heavy atom. The lowest BCUT2D eigenvalue weighted by Gasteiger charge is -2.46. The molecule has 0 saturated carbocycles. The van der Waals surface area contributed by atoms with Crippen LogP contribution in [-0.2, 0) is 23.7 Å². The SMILES string of the molecule is C[C@H](O)[C@H](O[C@H]1O[C@@H](C)[C@H](O[C@H]2O[C@@H](C)[C@H](O)[C@@H](O)[C@H]2O)[C@@H](O)[C@H]1O)[C@@H](O)[C@@H](O)C=O. The number of carbonyl (C=O) groups excluding carboxylic acids is 1. The van der Waals surface area contributed by atoms with Crippen molar-refractivity contribution in [2.75, 3.05) is 0 Å². The predicted molar refractivity (Wildman–Crippen MR) is 98.2 cm³/mol. The summed E-state index contributed by atoms with van der Waals surface area (Å²) in [4.78, 5) is 10.7. The van der Waals surface area contributed by atoms with E-state index in [4.69, 9.17) is 18.9 Å². The summed E-state index contributed by atoms with van der Waals surface area (Å²) in [6.07, 6.45) is -20.7. The van der Waals surface area contributed by atoms with Crippen molar-refractivity contribution in [1.82, 2.24) is 0 Å². The first-order valence-corrected chi connectivity index (χ1v) is 9.92. The zero-order chi connectivity index (χ0) is 23.6. The topological polar surface area (TPSA) is 216 Å². The lowest BCUT2D eigenvalue weighted by molar-refractivity contribution is -0.360. The summed E-state index contributed by atoms with van der Waals surface area (Å²) in [7, 11) is 0. The van der Waals surface area contributed by atoms with Crippen LogP contribution in [-0.4, -0.2) is 133 Å². The Hall–Kier alpha value is -0.810. The molecular formula is C18H32O13. The quantitative estimate of drug-likeness (QED) is 0.161. The van der Waals surface area contributed by atoms with Gasteiger partial charge in [-0.05, 0) is 20.8 Å². The van der Waals surface area contributed by atoms with E-state index in [2.05, 4.69) is 0 Å². The smallest absolute Gasteiger partial charge is 0.187 e. The number of hydrogen-bond donors (Lipinski definition) is 8. The summed E-state index contributed by atoms with van der Waals surface area (Å²) in [5, 5.41) is 80.0. The largest absolute Gasteiger partial charge is 0.391 e. The first kappa shape index (κ1) is 26.4. The van der Waals surface area contributed by atoms with Gasteiger partial charge in [0.1, 0.15) is 54.9 Å². The second-order valence-electron chi connectivity index (χ2n) is 7.93. The fourth-order valence-electron chi connectivity index (χ4n) is 3.50. The molecule has 8 N–H and O–H groups in total. The molecule has 0 aliphatic carbocycles. The van der Waals surface area contributed by atoms with E-state index in [9.17, 15) is 45.6 Å². The monoisotopic (exact) mass is 456 g/mol. The van der Waals surface area contributed by atoms with Gasteiger partial charge in [0.05, 0.1) is 18.3 Å². The number of rotatable bonds is 8. The van der Waals surface area contributed by atoms with Gasteiger partial charge in [0.25, 0.3) is 0 Å². The van der Waals surface area contributed by atoms with Gasteiger partial charge in [0, 0.05) is 0 Å². The van der Waals surface area contributed by atoms with E-state index in [1.807, 2.05) is 0 Å². The fourth-order valence-corrected chi connectivity index (χ4v) is 3.50. The van der Waals surface area contributed by atoms with Crippen molar-refractivity contribution in [3.05, 3.63) is 0 Å². The molecule has 2 aliphatic rings. The molecule has 0 aromatic heterocycles. The molecule has 0 aromatic rings. The van der Waals surface area contributed by atoms with Gasteiger partial charge in [-0.15, -0.1) is 0 Å². The van der Waals surface area contributed by atoms with Crippen molar-refractivity contribution in [3.63, 3.8) is 0 Å². The van der Waals surface area contributed by atoms with E-state index in [-0.39, 0.29) is 6.29 Å². The molecule has 14 atom stereocenters. The summed E-state index contributed by atoms with van der Waals surface area (Å²) >= 11 is 0. The lowest BCUT2D eigenvalue weighted by atomic mass is 9.97. The van der Waals surface area contributed by atoms with E-state index in [1.54, 1.807) is 0 Å². The Morgan fingerprint density at radius 3 is 1.90 bits per heavy atom. The van der Waals surface area contributed by atoms with E-state index < -0.39 is 85.8 Å². The number of carbonyl (C=O) groups is 1. The summed E-state index contributed by atoms with van der Waals surface area (Å²) in [6.45, 7) is 4.10. The highest BCUT2D eigenvalue weighted by Crippen LogP contribution is 2.30. The molecule has 0 unspecified atom stereocenters. The summed E-state index contributed by atoms with van der Waals surface area (Å²) < 4.78 is 21.7. The maximum Gasteiger partial charge on any atom is 0.187 e. The van der Waals surface area contributed by atoms with Crippen LogP contribution in [0.15, 0.2) is 0 Å². The normalized spacial score (nSPS) is 45.5. The molecule has 0 amide bonds. The van der Waals surface area contributed by atoms with Crippen molar-refractivity contribution in [2.45, 2.75) is 107 Å². The van der Waals surface area contributed by atoms with E-state index in [0.717, 1.165) is 0 Å². The molecule has 2 saturated heterocycles. The van der Waals surface area contributed by atoms with Crippen LogP contribution in [0.3, 0.4) is 0 Å². The number of aliphatic hydroxyl groups is 8. The molecule has 13 heteroatoms. The Bertz CT molecular complexity index is 577. The van der Waals surface area contributed by atoms with Crippen molar-refractivity contribution >= 4 is 6.29 Å². The average Bonchev–Trinajstić information content (AvgIpc) is 2.73. The van der Waals surface area contributed by atoms with Gasteiger partial charge in [-0.1, -0.05) is 0 Å². The van der Waals surface area contributed by atoms with Gasteiger partial charge in [0.15, 0.2) is 18.9 Å². The third-order valence-corrected chi connectivity index (χ3v) is 5.47. The second kappa shape index (κ2) is 10.9. The second-order valence-corrected chi connectivity index (χ2v) is 7.93. The maximum absolute atomic E-state index is 10.7. The van der Waals surface area contributed by atoms with E-state index >= 15 is 0 Å². The summed E-state index contributed by atoms with van der Waals surface area (Å²) in [5.41, 5.74) is 0. The number of aliphatic hydroxyl groups excluding tert-OH is 8. The Balaban J connectivity index is 2.08. The molecule has 2 fully saturated rings. The molecule has 0 bridgehead atoms. The standard InChI is InChI=1S/C18H32O13/c1-5(20)15(10(23)8(21)4-19)30-18-14(27)12(25)16(7(3)29-18)31-17-13(26)11(24)9(22)6(2)28-17/h4-18,20-27H,1-3H3/t5-,6-,7-,8-,9-,10-,11+,12-,13+,14+,15-,16-,17+,18+/m0/s1. The van der Waals surface area contributed by atoms with E-state index in [1.165, 1.54) is 20.8 Å². The minimum atomic E-state index is -1.87. The Morgan fingerprint density at radius 2 is 1.35 bits per heavy atom. The van der Waals surface area contributed by atoms with Crippen molar-refractivity contribution in [3.8, 4) is 0 Å². The highest BCUT2D eigenvalue weighted by atomic mass is 16.7. The first-order chi connectivity index (χ1) is 14.4. The zero-order valence-corrected chi connectivity index (χ0v) is 17.3. The highest BCUT2D eigenvalue weighted by Gasteiger charge is 2.50. The molecule has 0 radical (unpaired) electrons. The number of aldehydes is 1. The van der Waals surface area contributed by atoms with Gasteiger partial charge in [-0.25, -0.2) is 0 Å². The third kappa shape index (κ3) is 5.76. The van der Waals surface area contributed by atoms with Crippen molar-refractivity contribution in [1.29, 1.82) is 0 Å². The summed E-state index contributed by atoms with van der Waals surface area (Å²) in [5.74, 6) is 0. The third-order valence-electron chi connectivity index (χ3n) is 5.47. The molecule has 13 nitrogen and oxygen atoms in total. The van der Waals surface area contributed by atoms with Gasteiger partial charge in [-0.2, -0.15) is 0 Å². The minimum Gasteiger partial charge on any atom is -0.391 e. The van der Waals surface area contributed by atoms with Gasteiger partial charge in [-0.3, -0.25) is 0 Å². The van der Waals surface area contributed by atoms with Crippen LogP contribution in [0.4, 0.5) is 0 Å². The molecule has 0 aromatic carbocycles. The zero-order valence-electron chi connectivity index (χ0n) is 17.3. The molecule has 31 heavy (non-hydrogen) atoms. The molecule has 182 valence electrons. The lowest BCUT2D eigenvalue weighted by Crippen LogP contribution is -2.63. The first-order valence-electron chi connectivity index (χ1n) is 9.92. The van der Waals surface area contributed by atoms with Gasteiger partial charge in [0.2, 0.25) is 0 Å². The molecule has 2 aliphatic heterocycles. The highest BCUT2D eigenvalue weighted by molar-refractivity contribution is 5.56. The number of ether oxygens (including phenoxy) is 4. The Labute approximate surface area is 178 Å². The fraction of sp³-hybridized carbons (Fsp3) is 0.944. The molecule has 0 spiro atoms. The molecule has 2 rings (SSSR count). The molecule has 2 heterocycles. The maximum atomic E-state index is 10.7. The summed E-state index contributed by atoms with van der Waals surface area (Å²) in [6, 6.07) is 0. The van der Waals surface area contributed by atoms with Crippen LogP contribution in [0, 0.1) is 0 Å². The molecular weight excluding hydrogens is 424 g/mol. The predicted octanol–water partition coefficient (Wildman–Crippen LogP) is -4.65. The average molecular weight is 456 g/mol. The van der Waals surface area contributed by atoms with Crippen LogP contribution >= 0.6 is 0 Å². The number of hydrogen-bond acceptors (Lipinski definition) is 13. The van der Waals surface area contributed by atoms with Gasteiger partial charge < -0.3 is 64.6 Å². The minimum absolute atomic E-state index is 0.0464. The van der Waals surface area contributed by atoms with Gasteiger partial charge >= 0.3 is 0 Å². The van der Waals surface area contributed by atoms with Crippen molar-refractivity contribution in [2.24, 2.45) is 0 Å². The van der Waals surface area contributed by atoms with Crippen LogP contribution in [0.1, 0.15) is 20.8 Å². The van der Waals surface area contributed by atoms with Crippen LogP contribution in [0.25, 0.3) is 0 Å². The van der Waals surface area contributed by atoms with Crippen molar-refractivity contribution < 1.29 is 64.6 Å². The van der Waals surface area contributed by atoms with Crippen LogP contribution in [0.5, 0.6) is 0 Å². The Kier molecular flexibility index (Phi) is 9.27.